The number of nitrogens with zero attached hydrogens (tertiary/aromatic N) is 4. The van der Waals surface area contributed by atoms with Crippen molar-refractivity contribution in [2.45, 2.75) is 6.92 Å². The molecule has 1 amide bonds. The summed E-state index contributed by atoms with van der Waals surface area (Å²) in [7, 11) is 1.88. The Bertz CT molecular complexity index is 1080. The Balaban J connectivity index is 1.67. The van der Waals surface area contributed by atoms with E-state index in [0.717, 1.165) is 28.0 Å². The second kappa shape index (κ2) is 5.90. The van der Waals surface area contributed by atoms with Crippen LogP contribution in [0.25, 0.3) is 16.8 Å². The standard InChI is InChI=1S/C19H17N5O/c1-13-6-7-14(15-10-21-23(2)12-15)9-16(13)22-19(25)17-11-20-18-5-3-4-8-24(17)18/h3-12H,1-2H3,(H,22,25). The molecule has 0 unspecified atom stereocenters. The fourth-order valence-corrected chi connectivity index (χ4v) is 2.79. The molecule has 0 spiro atoms. The lowest BCUT2D eigenvalue weighted by molar-refractivity contribution is 0.102. The number of hydrogen-bond donors (Lipinski definition) is 1. The van der Waals surface area contributed by atoms with Crippen molar-refractivity contribution >= 4 is 17.2 Å². The van der Waals surface area contributed by atoms with Crippen molar-refractivity contribution in [3.63, 3.8) is 0 Å². The maximum Gasteiger partial charge on any atom is 0.274 e. The van der Waals surface area contributed by atoms with E-state index in [1.165, 1.54) is 0 Å². The van der Waals surface area contributed by atoms with Crippen LogP contribution in [0, 0.1) is 6.92 Å². The smallest absolute Gasteiger partial charge is 0.274 e. The number of hydrogen-bond acceptors (Lipinski definition) is 3. The summed E-state index contributed by atoms with van der Waals surface area (Å²) in [5, 5.41) is 7.19. The molecule has 0 radical (unpaired) electrons. The molecule has 3 aromatic heterocycles. The number of carbonyl (C=O) groups excluding carboxylic acids is 1. The van der Waals surface area contributed by atoms with Crippen molar-refractivity contribution in [3.8, 4) is 11.1 Å². The van der Waals surface area contributed by atoms with Gasteiger partial charge in [0, 0.05) is 30.7 Å². The molecule has 3 heterocycles. The Morgan fingerprint density at radius 1 is 1.12 bits per heavy atom. The zero-order valence-corrected chi connectivity index (χ0v) is 14.0. The first-order chi connectivity index (χ1) is 12.1. The molecule has 6 heteroatoms. The Morgan fingerprint density at radius 2 is 2.00 bits per heavy atom. The summed E-state index contributed by atoms with van der Waals surface area (Å²) in [6.07, 6.45) is 7.17. The number of pyridine rings is 1. The second-order valence-electron chi connectivity index (χ2n) is 5.96. The monoisotopic (exact) mass is 331 g/mol. The molecule has 0 aliphatic carbocycles. The van der Waals surface area contributed by atoms with Gasteiger partial charge >= 0.3 is 0 Å². The van der Waals surface area contributed by atoms with Gasteiger partial charge in [0.1, 0.15) is 11.3 Å². The van der Waals surface area contributed by atoms with E-state index < -0.39 is 0 Å². The molecule has 0 aliphatic rings. The highest BCUT2D eigenvalue weighted by Gasteiger charge is 2.13. The third-order valence-electron chi connectivity index (χ3n) is 4.17. The maximum absolute atomic E-state index is 12.7. The van der Waals surface area contributed by atoms with Crippen molar-refractivity contribution in [3.05, 3.63) is 72.4 Å². The van der Waals surface area contributed by atoms with Crippen LogP contribution in [0.1, 0.15) is 16.1 Å². The number of amides is 1. The number of anilines is 1. The number of imidazole rings is 1. The van der Waals surface area contributed by atoms with Gasteiger partial charge < -0.3 is 5.32 Å². The highest BCUT2D eigenvalue weighted by Crippen LogP contribution is 2.25. The molecule has 0 bridgehead atoms. The minimum atomic E-state index is -0.190. The number of carbonyl (C=O) groups is 1. The van der Waals surface area contributed by atoms with E-state index in [0.29, 0.717) is 5.69 Å². The molecule has 1 aromatic carbocycles. The van der Waals surface area contributed by atoms with Crippen LogP contribution in [0.15, 0.2) is 61.2 Å². The zero-order chi connectivity index (χ0) is 17.4. The largest absolute Gasteiger partial charge is 0.320 e. The highest BCUT2D eigenvalue weighted by molar-refractivity contribution is 6.04. The van der Waals surface area contributed by atoms with Crippen molar-refractivity contribution in [1.29, 1.82) is 0 Å². The van der Waals surface area contributed by atoms with Crippen LogP contribution >= 0.6 is 0 Å². The van der Waals surface area contributed by atoms with Crippen LogP contribution in [0.3, 0.4) is 0 Å². The molecule has 124 valence electrons. The Labute approximate surface area is 144 Å². The first kappa shape index (κ1) is 15.1. The van der Waals surface area contributed by atoms with Gasteiger partial charge in [-0.2, -0.15) is 5.10 Å². The lowest BCUT2D eigenvalue weighted by Crippen LogP contribution is -2.15. The molecule has 0 atom stereocenters. The van der Waals surface area contributed by atoms with Crippen LogP contribution in [-0.4, -0.2) is 25.1 Å². The number of aromatic nitrogens is 4. The molecule has 1 N–H and O–H groups in total. The molecule has 0 saturated carbocycles. The van der Waals surface area contributed by atoms with Crippen LogP contribution in [-0.2, 0) is 7.05 Å². The quantitative estimate of drug-likeness (QED) is 0.626. The molecule has 25 heavy (non-hydrogen) atoms. The third kappa shape index (κ3) is 2.78. The molecule has 0 saturated heterocycles. The summed E-state index contributed by atoms with van der Waals surface area (Å²) in [6.45, 7) is 1.97. The predicted octanol–water partition coefficient (Wildman–Crippen LogP) is 3.30. The van der Waals surface area contributed by atoms with Crippen molar-refractivity contribution in [2.24, 2.45) is 7.05 Å². The zero-order valence-electron chi connectivity index (χ0n) is 14.0. The fraction of sp³-hybridized carbons (Fsp3) is 0.105. The molecule has 4 aromatic rings. The van der Waals surface area contributed by atoms with Crippen LogP contribution in [0.5, 0.6) is 0 Å². The molecular formula is C19H17N5O. The minimum Gasteiger partial charge on any atom is -0.320 e. The van der Waals surface area contributed by atoms with Gasteiger partial charge in [0.15, 0.2) is 0 Å². The Kier molecular flexibility index (Phi) is 3.57. The fourth-order valence-electron chi connectivity index (χ4n) is 2.79. The van der Waals surface area contributed by atoms with Gasteiger partial charge in [-0.1, -0.05) is 18.2 Å². The molecule has 6 nitrogen and oxygen atoms in total. The summed E-state index contributed by atoms with van der Waals surface area (Å²) in [4.78, 5) is 17.0. The molecular weight excluding hydrogens is 314 g/mol. The summed E-state index contributed by atoms with van der Waals surface area (Å²) >= 11 is 0. The normalized spacial score (nSPS) is 11.0. The molecule has 4 rings (SSSR count). The lowest BCUT2D eigenvalue weighted by atomic mass is 10.1. The third-order valence-corrected chi connectivity index (χ3v) is 4.17. The Morgan fingerprint density at radius 3 is 2.80 bits per heavy atom. The lowest BCUT2D eigenvalue weighted by Gasteiger charge is -2.10. The topological polar surface area (TPSA) is 64.2 Å². The van der Waals surface area contributed by atoms with E-state index in [4.69, 9.17) is 0 Å². The predicted molar refractivity (Wildman–Crippen MR) is 96.5 cm³/mol. The van der Waals surface area contributed by atoms with Gasteiger partial charge in [-0.3, -0.25) is 13.9 Å². The number of benzene rings is 1. The maximum atomic E-state index is 12.7. The van der Waals surface area contributed by atoms with Crippen molar-refractivity contribution in [2.75, 3.05) is 5.32 Å². The van der Waals surface area contributed by atoms with Gasteiger partial charge in [0.25, 0.3) is 5.91 Å². The number of rotatable bonds is 3. The van der Waals surface area contributed by atoms with Crippen molar-refractivity contribution < 1.29 is 4.79 Å². The average molecular weight is 331 g/mol. The van der Waals surface area contributed by atoms with Gasteiger partial charge in [0.2, 0.25) is 0 Å². The first-order valence-electron chi connectivity index (χ1n) is 7.95. The first-order valence-corrected chi connectivity index (χ1v) is 7.95. The summed E-state index contributed by atoms with van der Waals surface area (Å²) < 4.78 is 3.53. The van der Waals surface area contributed by atoms with E-state index in [-0.39, 0.29) is 5.91 Å². The Hall–Kier alpha value is -3.41. The van der Waals surface area contributed by atoms with Gasteiger partial charge in [-0.05, 0) is 36.2 Å². The van der Waals surface area contributed by atoms with Gasteiger partial charge in [0.05, 0.1) is 12.4 Å². The van der Waals surface area contributed by atoms with E-state index in [2.05, 4.69) is 15.4 Å². The highest BCUT2D eigenvalue weighted by atomic mass is 16.1. The van der Waals surface area contributed by atoms with Gasteiger partial charge in [-0.15, -0.1) is 0 Å². The van der Waals surface area contributed by atoms with E-state index in [1.807, 2.05) is 62.8 Å². The number of nitrogens with one attached hydrogen (secondary N) is 1. The van der Waals surface area contributed by atoms with Crippen LogP contribution in [0.4, 0.5) is 5.69 Å². The SMILES string of the molecule is Cc1ccc(-c2cnn(C)c2)cc1NC(=O)c1cnc2ccccn12. The number of fused-ring (bicyclic) bond motifs is 1. The van der Waals surface area contributed by atoms with Gasteiger partial charge in [-0.25, -0.2) is 4.98 Å². The second-order valence-corrected chi connectivity index (χ2v) is 5.96. The minimum absolute atomic E-state index is 0.190. The molecule has 0 fully saturated rings. The van der Waals surface area contributed by atoms with Crippen LogP contribution in [0.2, 0.25) is 0 Å². The summed E-state index contributed by atoms with van der Waals surface area (Å²) in [5.74, 6) is -0.190. The van der Waals surface area contributed by atoms with Crippen LogP contribution < -0.4 is 5.32 Å². The van der Waals surface area contributed by atoms with E-state index in [1.54, 1.807) is 21.5 Å². The number of aryl methyl sites for hydroxylation is 2. The van der Waals surface area contributed by atoms with E-state index >= 15 is 0 Å². The summed E-state index contributed by atoms with van der Waals surface area (Å²) in [5.41, 5.74) is 5.03. The van der Waals surface area contributed by atoms with Crippen molar-refractivity contribution in [1.82, 2.24) is 19.2 Å². The summed E-state index contributed by atoms with van der Waals surface area (Å²) in [6, 6.07) is 11.6. The van der Waals surface area contributed by atoms with E-state index in [9.17, 15) is 4.79 Å². The average Bonchev–Trinajstić information content (AvgIpc) is 3.23. The molecule has 0 aliphatic heterocycles.